The zero-order valence-electron chi connectivity index (χ0n) is 14.3. The summed E-state index contributed by atoms with van der Waals surface area (Å²) in [6.45, 7) is 0. The van der Waals surface area contributed by atoms with Crippen molar-refractivity contribution in [1.82, 2.24) is 4.98 Å². The number of esters is 1. The Morgan fingerprint density at radius 2 is 2.00 bits per heavy atom. The van der Waals surface area contributed by atoms with Crippen molar-refractivity contribution in [2.24, 2.45) is 0 Å². The van der Waals surface area contributed by atoms with Crippen LogP contribution in [0, 0.1) is 5.82 Å². The normalized spacial score (nSPS) is 10.4. The molecule has 138 valence electrons. The molecule has 1 aromatic heterocycles. The Morgan fingerprint density at radius 3 is 2.74 bits per heavy atom. The summed E-state index contributed by atoms with van der Waals surface area (Å²) in [5.41, 5.74) is 1.53. The molecule has 6 nitrogen and oxygen atoms in total. The summed E-state index contributed by atoms with van der Waals surface area (Å²) in [7, 11) is 1.29. The number of benzene rings is 2. The minimum Gasteiger partial charge on any atom is -0.465 e. The monoisotopic (exact) mass is 386 g/mol. The number of hydrogen-bond donors (Lipinski definition) is 1. The Labute approximate surface area is 158 Å². The lowest BCUT2D eigenvalue weighted by Gasteiger charge is -2.06. The third kappa shape index (κ3) is 4.95. The number of halogens is 1. The van der Waals surface area contributed by atoms with Crippen LogP contribution >= 0.6 is 11.8 Å². The summed E-state index contributed by atoms with van der Waals surface area (Å²) in [4.78, 5) is 27.7. The van der Waals surface area contributed by atoms with E-state index < -0.39 is 5.97 Å². The number of carbonyl (C=O) groups excluding carboxylic acids is 2. The molecule has 1 amide bonds. The molecule has 1 N–H and O–H groups in total. The fraction of sp³-hybridized carbons (Fsp3) is 0.105. The molecule has 0 atom stereocenters. The lowest BCUT2D eigenvalue weighted by molar-refractivity contribution is -0.113. The summed E-state index contributed by atoms with van der Waals surface area (Å²) in [5, 5.41) is 3.02. The van der Waals surface area contributed by atoms with Crippen LogP contribution in [0.25, 0.3) is 11.3 Å². The molecule has 0 bridgehead atoms. The minimum atomic E-state index is -0.478. The van der Waals surface area contributed by atoms with E-state index in [0.717, 1.165) is 11.8 Å². The molecule has 0 spiro atoms. The second kappa shape index (κ2) is 8.50. The molecule has 27 heavy (non-hydrogen) atoms. The van der Waals surface area contributed by atoms with Crippen molar-refractivity contribution in [3.05, 3.63) is 66.1 Å². The van der Waals surface area contributed by atoms with Crippen LogP contribution < -0.4 is 5.32 Å². The molecular formula is C19H15FN2O4S. The molecule has 0 saturated carbocycles. The van der Waals surface area contributed by atoms with Gasteiger partial charge in [-0.15, -0.1) is 0 Å². The Hall–Kier alpha value is -3.13. The van der Waals surface area contributed by atoms with E-state index in [1.54, 1.807) is 30.3 Å². The van der Waals surface area contributed by atoms with E-state index in [1.165, 1.54) is 31.5 Å². The molecule has 0 fully saturated rings. The summed E-state index contributed by atoms with van der Waals surface area (Å²) >= 11 is 1.13. The Morgan fingerprint density at radius 1 is 1.22 bits per heavy atom. The molecule has 8 heteroatoms. The van der Waals surface area contributed by atoms with Crippen LogP contribution in [0.1, 0.15) is 10.4 Å². The molecule has 2 aromatic carbocycles. The van der Waals surface area contributed by atoms with Gasteiger partial charge in [0, 0.05) is 11.3 Å². The number of amides is 1. The predicted octanol–water partition coefficient (Wildman–Crippen LogP) is 4.00. The SMILES string of the molecule is COC(=O)c1cccc(NC(=O)CSc2ncc(-c3ccc(F)cc3)o2)c1. The van der Waals surface area contributed by atoms with Gasteiger partial charge >= 0.3 is 5.97 Å². The average Bonchev–Trinajstić information content (AvgIpc) is 3.15. The molecule has 0 aliphatic carbocycles. The van der Waals surface area contributed by atoms with Crippen molar-refractivity contribution >= 4 is 29.3 Å². The third-order valence-corrected chi connectivity index (χ3v) is 4.35. The standard InChI is InChI=1S/C19H15FN2O4S/c1-25-18(24)13-3-2-4-15(9-13)22-17(23)11-27-19-21-10-16(26-19)12-5-7-14(20)8-6-12/h2-10H,11H2,1H3,(H,22,23). The molecule has 0 unspecified atom stereocenters. The summed E-state index contributed by atoms with van der Waals surface area (Å²) in [6, 6.07) is 12.3. The van der Waals surface area contributed by atoms with E-state index in [4.69, 9.17) is 4.42 Å². The summed E-state index contributed by atoms with van der Waals surface area (Å²) in [5.74, 6) is -0.521. The maximum absolute atomic E-state index is 13.0. The molecule has 0 radical (unpaired) electrons. The molecular weight excluding hydrogens is 371 g/mol. The van der Waals surface area contributed by atoms with Gasteiger partial charge < -0.3 is 14.5 Å². The van der Waals surface area contributed by atoms with Crippen LogP contribution in [0.15, 0.2) is 64.4 Å². The number of ether oxygens (including phenoxy) is 1. The van der Waals surface area contributed by atoms with Crippen molar-refractivity contribution in [3.63, 3.8) is 0 Å². The second-order valence-corrected chi connectivity index (χ2v) is 6.33. The van der Waals surface area contributed by atoms with E-state index in [-0.39, 0.29) is 17.5 Å². The van der Waals surface area contributed by atoms with Crippen molar-refractivity contribution in [2.75, 3.05) is 18.2 Å². The predicted molar refractivity (Wildman–Crippen MR) is 99.0 cm³/mol. The van der Waals surface area contributed by atoms with Gasteiger partial charge in [-0.1, -0.05) is 17.8 Å². The lowest BCUT2D eigenvalue weighted by Crippen LogP contribution is -2.14. The fourth-order valence-electron chi connectivity index (χ4n) is 2.24. The van der Waals surface area contributed by atoms with Gasteiger partial charge in [0.1, 0.15) is 5.82 Å². The first-order chi connectivity index (χ1) is 13.0. The van der Waals surface area contributed by atoms with Gasteiger partial charge in [-0.05, 0) is 42.5 Å². The van der Waals surface area contributed by atoms with Crippen molar-refractivity contribution in [1.29, 1.82) is 0 Å². The van der Waals surface area contributed by atoms with Crippen molar-refractivity contribution in [3.8, 4) is 11.3 Å². The highest BCUT2D eigenvalue weighted by Gasteiger charge is 2.11. The van der Waals surface area contributed by atoms with Crippen molar-refractivity contribution in [2.45, 2.75) is 5.22 Å². The fourth-order valence-corrected chi connectivity index (χ4v) is 2.84. The number of methoxy groups -OCH3 is 1. The van der Waals surface area contributed by atoms with Crippen LogP contribution in [0.4, 0.5) is 10.1 Å². The van der Waals surface area contributed by atoms with Crippen LogP contribution in [-0.4, -0.2) is 29.7 Å². The highest BCUT2D eigenvalue weighted by atomic mass is 32.2. The quantitative estimate of drug-likeness (QED) is 0.509. The molecule has 3 aromatic rings. The van der Waals surface area contributed by atoms with Crippen LogP contribution in [0.5, 0.6) is 0 Å². The molecule has 3 rings (SSSR count). The van der Waals surface area contributed by atoms with E-state index in [1.807, 2.05) is 0 Å². The topological polar surface area (TPSA) is 81.4 Å². The maximum atomic E-state index is 13.0. The molecule has 0 aliphatic heterocycles. The van der Waals surface area contributed by atoms with Crippen LogP contribution in [0.3, 0.4) is 0 Å². The number of hydrogen-bond acceptors (Lipinski definition) is 6. The zero-order chi connectivity index (χ0) is 19.2. The van der Waals surface area contributed by atoms with Crippen LogP contribution in [0.2, 0.25) is 0 Å². The van der Waals surface area contributed by atoms with Gasteiger partial charge in [0.05, 0.1) is 24.6 Å². The highest BCUT2D eigenvalue weighted by Crippen LogP contribution is 2.25. The Kier molecular flexibility index (Phi) is 5.87. The minimum absolute atomic E-state index is 0.0752. The van der Waals surface area contributed by atoms with Crippen LogP contribution in [-0.2, 0) is 9.53 Å². The van der Waals surface area contributed by atoms with E-state index in [2.05, 4.69) is 15.0 Å². The number of thioether (sulfide) groups is 1. The number of aromatic nitrogens is 1. The van der Waals surface area contributed by atoms with Gasteiger partial charge in [-0.3, -0.25) is 4.79 Å². The Balaban J connectivity index is 1.57. The molecule has 0 saturated heterocycles. The summed E-state index contributed by atoms with van der Waals surface area (Å²) < 4.78 is 23.2. The first-order valence-electron chi connectivity index (χ1n) is 7.88. The third-order valence-electron chi connectivity index (χ3n) is 3.51. The number of nitrogens with zero attached hydrogens (tertiary/aromatic N) is 1. The number of rotatable bonds is 6. The number of nitrogens with one attached hydrogen (secondary N) is 1. The second-order valence-electron chi connectivity index (χ2n) is 5.41. The number of oxazole rings is 1. The molecule has 0 aliphatic rings. The first kappa shape index (κ1) is 18.7. The number of carbonyl (C=O) groups is 2. The largest absolute Gasteiger partial charge is 0.465 e. The van der Waals surface area contributed by atoms with Gasteiger partial charge in [-0.2, -0.15) is 0 Å². The van der Waals surface area contributed by atoms with Gasteiger partial charge in [0.25, 0.3) is 5.22 Å². The van der Waals surface area contributed by atoms with Crippen molar-refractivity contribution < 1.29 is 23.1 Å². The van der Waals surface area contributed by atoms with E-state index in [0.29, 0.717) is 27.8 Å². The van der Waals surface area contributed by atoms with Gasteiger partial charge in [0.15, 0.2) is 5.76 Å². The zero-order valence-corrected chi connectivity index (χ0v) is 15.1. The molecule has 1 heterocycles. The smallest absolute Gasteiger partial charge is 0.337 e. The van der Waals surface area contributed by atoms with Gasteiger partial charge in [-0.25, -0.2) is 14.2 Å². The number of anilines is 1. The van der Waals surface area contributed by atoms with Gasteiger partial charge in [0.2, 0.25) is 5.91 Å². The first-order valence-corrected chi connectivity index (χ1v) is 8.86. The lowest BCUT2D eigenvalue weighted by atomic mass is 10.2. The maximum Gasteiger partial charge on any atom is 0.337 e. The average molecular weight is 386 g/mol. The Bertz CT molecular complexity index is 956. The van der Waals surface area contributed by atoms with E-state index in [9.17, 15) is 14.0 Å². The highest BCUT2D eigenvalue weighted by molar-refractivity contribution is 7.99. The van der Waals surface area contributed by atoms with E-state index >= 15 is 0 Å². The summed E-state index contributed by atoms with van der Waals surface area (Å²) in [6.07, 6.45) is 1.52.